The molecular weight excluding hydrogens is 320 g/mol. The van der Waals surface area contributed by atoms with Gasteiger partial charge in [0.2, 0.25) is 5.91 Å². The summed E-state index contributed by atoms with van der Waals surface area (Å²) in [5, 5.41) is 12.8. The molecule has 1 heterocycles. The first-order chi connectivity index (χ1) is 12.2. The van der Waals surface area contributed by atoms with Gasteiger partial charge in [0.1, 0.15) is 5.75 Å². The number of hydrogen-bond acceptors (Lipinski definition) is 4. The average Bonchev–Trinajstić information content (AvgIpc) is 3.06. The van der Waals surface area contributed by atoms with Crippen molar-refractivity contribution in [3.63, 3.8) is 0 Å². The zero-order valence-corrected chi connectivity index (χ0v) is 13.7. The van der Waals surface area contributed by atoms with Crippen molar-refractivity contribution < 1.29 is 14.3 Å². The molecule has 0 spiro atoms. The first kappa shape index (κ1) is 16.5. The molecule has 3 aromatic rings. The lowest BCUT2D eigenvalue weighted by Gasteiger charge is -2.07. The number of carbonyl (C=O) groups is 2. The van der Waals surface area contributed by atoms with Gasteiger partial charge in [-0.15, -0.1) is 0 Å². The molecule has 0 aliphatic carbocycles. The van der Waals surface area contributed by atoms with Crippen LogP contribution in [0, 0.1) is 0 Å². The number of para-hydroxylation sites is 1. The highest BCUT2D eigenvalue weighted by atomic mass is 16.5. The molecule has 0 saturated carbocycles. The molecule has 25 heavy (non-hydrogen) atoms. The van der Waals surface area contributed by atoms with Gasteiger partial charge in [0.15, 0.2) is 5.69 Å². The van der Waals surface area contributed by atoms with Gasteiger partial charge in [-0.2, -0.15) is 5.10 Å². The molecule has 0 saturated heterocycles. The van der Waals surface area contributed by atoms with Gasteiger partial charge in [0.25, 0.3) is 5.91 Å². The van der Waals surface area contributed by atoms with Crippen LogP contribution in [-0.4, -0.2) is 35.2 Å². The molecule has 3 rings (SSSR count). The molecular formula is C18H18N4O3. The number of anilines is 1. The van der Waals surface area contributed by atoms with E-state index in [-0.39, 0.29) is 18.1 Å². The Labute approximate surface area is 144 Å². The standard InChI is InChI=1S/C18H18N4O3/c1-2-25-13-9-7-12(8-10-13)20-16(23)11-19-18(24)17-14-5-3-4-6-15(14)21-22-17/h3-10H,2,11H2,1H3,(H,19,24)(H,20,23)(H,21,22). The van der Waals surface area contributed by atoms with E-state index in [1.165, 1.54) is 0 Å². The highest BCUT2D eigenvalue weighted by Gasteiger charge is 2.14. The van der Waals surface area contributed by atoms with Crippen LogP contribution in [0.25, 0.3) is 10.9 Å². The van der Waals surface area contributed by atoms with Crippen molar-refractivity contribution in [2.24, 2.45) is 0 Å². The Kier molecular flexibility index (Phi) is 4.94. The van der Waals surface area contributed by atoms with Crippen molar-refractivity contribution in [3.8, 4) is 5.75 Å². The Morgan fingerprint density at radius 3 is 2.64 bits per heavy atom. The van der Waals surface area contributed by atoms with E-state index < -0.39 is 5.91 Å². The van der Waals surface area contributed by atoms with Crippen molar-refractivity contribution in [1.29, 1.82) is 0 Å². The van der Waals surface area contributed by atoms with E-state index in [4.69, 9.17) is 4.74 Å². The van der Waals surface area contributed by atoms with Gasteiger partial charge in [0, 0.05) is 11.1 Å². The molecule has 0 radical (unpaired) electrons. The molecule has 0 aliphatic rings. The maximum Gasteiger partial charge on any atom is 0.272 e. The third kappa shape index (κ3) is 3.95. The zero-order chi connectivity index (χ0) is 17.6. The van der Waals surface area contributed by atoms with Gasteiger partial charge < -0.3 is 15.4 Å². The third-order valence-electron chi connectivity index (χ3n) is 3.54. The topological polar surface area (TPSA) is 96.1 Å². The largest absolute Gasteiger partial charge is 0.494 e. The Morgan fingerprint density at radius 1 is 1.12 bits per heavy atom. The lowest BCUT2D eigenvalue weighted by atomic mass is 10.2. The summed E-state index contributed by atoms with van der Waals surface area (Å²) >= 11 is 0. The Bertz CT molecular complexity index is 887. The maximum atomic E-state index is 12.2. The summed E-state index contributed by atoms with van der Waals surface area (Å²) in [6, 6.07) is 14.3. The van der Waals surface area contributed by atoms with Gasteiger partial charge in [-0.3, -0.25) is 14.7 Å². The molecule has 2 aromatic carbocycles. The molecule has 3 N–H and O–H groups in total. The van der Waals surface area contributed by atoms with Crippen LogP contribution < -0.4 is 15.4 Å². The second-order valence-corrected chi connectivity index (χ2v) is 5.31. The molecule has 7 nitrogen and oxygen atoms in total. The SMILES string of the molecule is CCOc1ccc(NC(=O)CNC(=O)c2n[nH]c3ccccc23)cc1. The van der Waals surface area contributed by atoms with Crippen molar-refractivity contribution in [3.05, 3.63) is 54.2 Å². The Hall–Kier alpha value is -3.35. The molecule has 1 aromatic heterocycles. The van der Waals surface area contributed by atoms with Gasteiger partial charge in [-0.05, 0) is 37.3 Å². The number of hydrogen-bond donors (Lipinski definition) is 3. The van der Waals surface area contributed by atoms with Crippen LogP contribution in [0.2, 0.25) is 0 Å². The summed E-state index contributed by atoms with van der Waals surface area (Å²) in [7, 11) is 0. The summed E-state index contributed by atoms with van der Waals surface area (Å²) in [4.78, 5) is 24.2. The van der Waals surface area contributed by atoms with Gasteiger partial charge >= 0.3 is 0 Å². The van der Waals surface area contributed by atoms with Crippen LogP contribution in [0.3, 0.4) is 0 Å². The molecule has 0 fully saturated rings. The van der Waals surface area contributed by atoms with E-state index in [1.54, 1.807) is 30.3 Å². The Balaban J connectivity index is 1.55. The van der Waals surface area contributed by atoms with E-state index in [0.717, 1.165) is 11.3 Å². The summed E-state index contributed by atoms with van der Waals surface area (Å²) < 4.78 is 5.34. The van der Waals surface area contributed by atoms with Crippen LogP contribution in [0.4, 0.5) is 5.69 Å². The summed E-state index contributed by atoms with van der Waals surface area (Å²) in [5.74, 6) is 0.0101. The number of ether oxygens (including phenoxy) is 1. The number of H-pyrrole nitrogens is 1. The molecule has 0 atom stereocenters. The first-order valence-electron chi connectivity index (χ1n) is 7.91. The number of rotatable bonds is 6. The monoisotopic (exact) mass is 338 g/mol. The molecule has 128 valence electrons. The number of amides is 2. The number of fused-ring (bicyclic) bond motifs is 1. The quantitative estimate of drug-likeness (QED) is 0.643. The fraction of sp³-hybridized carbons (Fsp3) is 0.167. The average molecular weight is 338 g/mol. The third-order valence-corrected chi connectivity index (χ3v) is 3.54. The highest BCUT2D eigenvalue weighted by molar-refractivity contribution is 6.06. The number of nitrogens with zero attached hydrogens (tertiary/aromatic N) is 1. The van der Waals surface area contributed by atoms with Crippen molar-refractivity contribution in [1.82, 2.24) is 15.5 Å². The van der Waals surface area contributed by atoms with Gasteiger partial charge in [0.05, 0.1) is 18.7 Å². The first-order valence-corrected chi connectivity index (χ1v) is 7.91. The van der Waals surface area contributed by atoms with E-state index in [1.807, 2.05) is 25.1 Å². The number of nitrogens with one attached hydrogen (secondary N) is 3. The van der Waals surface area contributed by atoms with Crippen LogP contribution in [0.5, 0.6) is 5.75 Å². The van der Waals surface area contributed by atoms with Crippen LogP contribution >= 0.6 is 0 Å². The maximum absolute atomic E-state index is 12.2. The highest BCUT2D eigenvalue weighted by Crippen LogP contribution is 2.16. The minimum Gasteiger partial charge on any atom is -0.494 e. The van der Waals surface area contributed by atoms with Crippen molar-refractivity contribution in [2.45, 2.75) is 6.92 Å². The summed E-state index contributed by atoms with van der Waals surface area (Å²) in [6.45, 7) is 2.34. The fourth-order valence-electron chi connectivity index (χ4n) is 2.39. The van der Waals surface area contributed by atoms with E-state index in [2.05, 4.69) is 20.8 Å². The van der Waals surface area contributed by atoms with E-state index >= 15 is 0 Å². The van der Waals surface area contributed by atoms with Gasteiger partial charge in [-0.1, -0.05) is 18.2 Å². The number of aromatic amines is 1. The number of carbonyl (C=O) groups excluding carboxylic acids is 2. The van der Waals surface area contributed by atoms with Gasteiger partial charge in [-0.25, -0.2) is 0 Å². The van der Waals surface area contributed by atoms with Crippen molar-refractivity contribution >= 4 is 28.4 Å². The fourth-order valence-corrected chi connectivity index (χ4v) is 2.39. The normalized spacial score (nSPS) is 10.4. The minimum atomic E-state index is -0.403. The van der Waals surface area contributed by atoms with E-state index in [9.17, 15) is 9.59 Å². The smallest absolute Gasteiger partial charge is 0.272 e. The second kappa shape index (κ2) is 7.48. The second-order valence-electron chi connectivity index (χ2n) is 5.31. The lowest BCUT2D eigenvalue weighted by Crippen LogP contribution is -2.33. The molecule has 0 bridgehead atoms. The zero-order valence-electron chi connectivity index (χ0n) is 13.7. The number of aromatic nitrogens is 2. The predicted molar refractivity (Wildman–Crippen MR) is 94.7 cm³/mol. The molecule has 0 aliphatic heterocycles. The predicted octanol–water partition coefficient (Wildman–Crippen LogP) is 2.33. The summed E-state index contributed by atoms with van der Waals surface area (Å²) in [5.41, 5.74) is 1.67. The minimum absolute atomic E-state index is 0.146. The van der Waals surface area contributed by atoms with Crippen LogP contribution in [0.15, 0.2) is 48.5 Å². The lowest BCUT2D eigenvalue weighted by molar-refractivity contribution is -0.115. The van der Waals surface area contributed by atoms with Crippen molar-refractivity contribution in [2.75, 3.05) is 18.5 Å². The van der Waals surface area contributed by atoms with E-state index in [0.29, 0.717) is 17.7 Å². The van der Waals surface area contributed by atoms with Crippen LogP contribution in [-0.2, 0) is 4.79 Å². The number of benzene rings is 2. The summed E-state index contributed by atoms with van der Waals surface area (Å²) in [6.07, 6.45) is 0. The molecule has 7 heteroatoms. The molecule has 0 unspecified atom stereocenters. The Morgan fingerprint density at radius 2 is 1.88 bits per heavy atom. The van der Waals surface area contributed by atoms with Crippen LogP contribution in [0.1, 0.15) is 17.4 Å². The molecule has 2 amide bonds.